The zero-order chi connectivity index (χ0) is 16.1. The number of piperazine rings is 1. The van der Waals surface area contributed by atoms with Crippen molar-refractivity contribution < 1.29 is 0 Å². The number of anilines is 1. The first-order valence-electron chi connectivity index (χ1n) is 8.09. The Hall–Kier alpha value is -1.91. The average Bonchev–Trinajstić information content (AvgIpc) is 2.58. The average molecular weight is 325 g/mol. The van der Waals surface area contributed by atoms with Gasteiger partial charge < -0.3 is 10.2 Å². The molecule has 0 amide bonds. The highest BCUT2D eigenvalue weighted by Crippen LogP contribution is 2.12. The van der Waals surface area contributed by atoms with E-state index in [0.29, 0.717) is 0 Å². The molecule has 1 aliphatic rings. The molecule has 2 aromatic carbocycles. The van der Waals surface area contributed by atoms with Crippen LogP contribution in [0.4, 0.5) is 5.69 Å². The van der Waals surface area contributed by atoms with Gasteiger partial charge in [0.2, 0.25) is 0 Å². The van der Waals surface area contributed by atoms with E-state index in [1.165, 1.54) is 11.1 Å². The van der Waals surface area contributed by atoms with Crippen molar-refractivity contribution in [1.82, 2.24) is 9.80 Å². The van der Waals surface area contributed by atoms with E-state index < -0.39 is 0 Å². The number of hydrogen-bond donors (Lipinski definition) is 1. The number of hydrogen-bond acceptors (Lipinski definition) is 2. The lowest BCUT2D eigenvalue weighted by molar-refractivity contribution is 0.177. The maximum absolute atomic E-state index is 5.53. The number of para-hydroxylation sites is 1. The molecular formula is C19H23N3S. The summed E-state index contributed by atoms with van der Waals surface area (Å²) in [4.78, 5) is 4.75. The molecule has 1 saturated heterocycles. The second-order valence-corrected chi connectivity index (χ2v) is 6.43. The van der Waals surface area contributed by atoms with Crippen molar-refractivity contribution in [3.05, 3.63) is 65.7 Å². The van der Waals surface area contributed by atoms with Gasteiger partial charge in [-0.3, -0.25) is 4.90 Å². The predicted molar refractivity (Wildman–Crippen MR) is 101 cm³/mol. The van der Waals surface area contributed by atoms with Crippen molar-refractivity contribution in [2.75, 3.05) is 31.5 Å². The fourth-order valence-corrected chi connectivity index (χ4v) is 3.09. The highest BCUT2D eigenvalue weighted by molar-refractivity contribution is 7.80. The van der Waals surface area contributed by atoms with Crippen LogP contribution < -0.4 is 5.32 Å². The highest BCUT2D eigenvalue weighted by Gasteiger charge is 2.18. The van der Waals surface area contributed by atoms with E-state index in [0.717, 1.165) is 43.5 Å². The minimum atomic E-state index is 0.825. The number of thiocarbonyl (C=S) groups is 1. The van der Waals surface area contributed by atoms with E-state index >= 15 is 0 Å². The maximum Gasteiger partial charge on any atom is 0.173 e. The summed E-state index contributed by atoms with van der Waals surface area (Å²) in [7, 11) is 0. The lowest BCUT2D eigenvalue weighted by Gasteiger charge is -2.36. The molecule has 0 aliphatic carbocycles. The molecule has 0 atom stereocenters. The van der Waals surface area contributed by atoms with E-state index in [1.807, 2.05) is 30.3 Å². The zero-order valence-electron chi connectivity index (χ0n) is 13.5. The Balaban J connectivity index is 1.48. The highest BCUT2D eigenvalue weighted by atomic mass is 32.1. The quantitative estimate of drug-likeness (QED) is 0.870. The van der Waals surface area contributed by atoms with Crippen LogP contribution in [0.15, 0.2) is 54.6 Å². The number of nitrogens with one attached hydrogen (secondary N) is 1. The van der Waals surface area contributed by atoms with Crippen LogP contribution >= 0.6 is 12.2 Å². The molecule has 1 N–H and O–H groups in total. The lowest BCUT2D eigenvalue weighted by atomic mass is 10.1. The molecule has 2 aromatic rings. The summed E-state index contributed by atoms with van der Waals surface area (Å²) in [5.41, 5.74) is 3.75. The fraction of sp³-hybridized carbons (Fsp3) is 0.316. The number of nitrogens with zero attached hydrogens (tertiary/aromatic N) is 2. The van der Waals surface area contributed by atoms with Crippen LogP contribution in [0.25, 0.3) is 0 Å². The van der Waals surface area contributed by atoms with Crippen molar-refractivity contribution in [3.8, 4) is 0 Å². The molecule has 1 heterocycles. The lowest BCUT2D eigenvalue weighted by Crippen LogP contribution is -2.49. The Bertz CT molecular complexity index is 631. The summed E-state index contributed by atoms with van der Waals surface area (Å²) in [5, 5.41) is 4.15. The summed E-state index contributed by atoms with van der Waals surface area (Å²) in [6.07, 6.45) is 0. The molecule has 120 valence electrons. The maximum atomic E-state index is 5.53. The fourth-order valence-electron chi connectivity index (χ4n) is 2.78. The monoisotopic (exact) mass is 325 g/mol. The molecule has 0 unspecified atom stereocenters. The second-order valence-electron chi connectivity index (χ2n) is 6.04. The van der Waals surface area contributed by atoms with Gasteiger partial charge in [0.15, 0.2) is 5.11 Å². The van der Waals surface area contributed by atoms with Crippen LogP contribution in [0.3, 0.4) is 0 Å². The Morgan fingerprint density at radius 2 is 1.61 bits per heavy atom. The van der Waals surface area contributed by atoms with Crippen molar-refractivity contribution in [3.63, 3.8) is 0 Å². The topological polar surface area (TPSA) is 18.5 Å². The molecule has 0 bridgehead atoms. The van der Waals surface area contributed by atoms with Gasteiger partial charge in [0.05, 0.1) is 0 Å². The first kappa shape index (κ1) is 16.0. The van der Waals surface area contributed by atoms with Gasteiger partial charge in [-0.15, -0.1) is 0 Å². The molecule has 1 aliphatic heterocycles. The normalized spacial score (nSPS) is 15.4. The smallest absolute Gasteiger partial charge is 0.173 e. The van der Waals surface area contributed by atoms with Gasteiger partial charge in [-0.05, 0) is 36.8 Å². The standard InChI is InChI=1S/C19H23N3S/c1-16-7-9-17(10-8-16)15-21-11-13-22(14-12-21)19(23)20-18-5-3-2-4-6-18/h2-10H,11-15H2,1H3,(H,20,23). The minimum absolute atomic E-state index is 0.825. The summed E-state index contributed by atoms with van der Waals surface area (Å²) in [6, 6.07) is 19.0. The largest absolute Gasteiger partial charge is 0.346 e. The van der Waals surface area contributed by atoms with Gasteiger partial charge in [-0.2, -0.15) is 0 Å². The van der Waals surface area contributed by atoms with E-state index in [9.17, 15) is 0 Å². The molecular weight excluding hydrogens is 302 g/mol. The molecule has 4 heteroatoms. The van der Waals surface area contributed by atoms with Gasteiger partial charge in [0.25, 0.3) is 0 Å². The summed E-state index contributed by atoms with van der Waals surface area (Å²) < 4.78 is 0. The van der Waals surface area contributed by atoms with Gasteiger partial charge in [-0.1, -0.05) is 48.0 Å². The zero-order valence-corrected chi connectivity index (χ0v) is 14.4. The van der Waals surface area contributed by atoms with Crippen molar-refractivity contribution in [2.45, 2.75) is 13.5 Å². The molecule has 0 radical (unpaired) electrons. The van der Waals surface area contributed by atoms with Crippen LogP contribution in [0.2, 0.25) is 0 Å². The van der Waals surface area contributed by atoms with Crippen LogP contribution in [-0.4, -0.2) is 41.1 Å². The second kappa shape index (κ2) is 7.57. The van der Waals surface area contributed by atoms with E-state index in [1.54, 1.807) is 0 Å². The van der Waals surface area contributed by atoms with Gasteiger partial charge in [0.1, 0.15) is 0 Å². The third-order valence-electron chi connectivity index (χ3n) is 4.21. The Labute approximate surface area is 143 Å². The van der Waals surface area contributed by atoms with Crippen LogP contribution in [0.5, 0.6) is 0 Å². The van der Waals surface area contributed by atoms with Gasteiger partial charge in [0, 0.05) is 38.4 Å². The van der Waals surface area contributed by atoms with Crippen LogP contribution in [0.1, 0.15) is 11.1 Å². The minimum Gasteiger partial charge on any atom is -0.346 e. The van der Waals surface area contributed by atoms with E-state index in [4.69, 9.17) is 12.2 Å². The molecule has 23 heavy (non-hydrogen) atoms. The Morgan fingerprint density at radius 3 is 2.26 bits per heavy atom. The SMILES string of the molecule is Cc1ccc(CN2CCN(C(=S)Nc3ccccc3)CC2)cc1. The molecule has 0 aromatic heterocycles. The summed E-state index contributed by atoms with van der Waals surface area (Å²) in [6.45, 7) is 7.19. The van der Waals surface area contributed by atoms with Crippen molar-refractivity contribution in [2.24, 2.45) is 0 Å². The third-order valence-corrected chi connectivity index (χ3v) is 4.57. The first-order valence-corrected chi connectivity index (χ1v) is 8.50. The summed E-state index contributed by atoms with van der Waals surface area (Å²) in [5.74, 6) is 0. The van der Waals surface area contributed by atoms with E-state index in [2.05, 4.69) is 46.3 Å². The van der Waals surface area contributed by atoms with Crippen molar-refractivity contribution >= 4 is 23.0 Å². The van der Waals surface area contributed by atoms with Gasteiger partial charge in [-0.25, -0.2) is 0 Å². The van der Waals surface area contributed by atoms with Gasteiger partial charge >= 0.3 is 0 Å². The molecule has 0 spiro atoms. The van der Waals surface area contributed by atoms with E-state index in [-0.39, 0.29) is 0 Å². The number of benzene rings is 2. The Kier molecular flexibility index (Phi) is 5.26. The molecule has 3 rings (SSSR count). The van der Waals surface area contributed by atoms with Crippen LogP contribution in [0, 0.1) is 6.92 Å². The molecule has 0 saturated carbocycles. The first-order chi connectivity index (χ1) is 11.2. The number of rotatable bonds is 3. The molecule has 1 fully saturated rings. The van der Waals surface area contributed by atoms with Crippen molar-refractivity contribution in [1.29, 1.82) is 0 Å². The third kappa shape index (κ3) is 4.53. The summed E-state index contributed by atoms with van der Waals surface area (Å²) >= 11 is 5.53. The Morgan fingerprint density at radius 1 is 0.957 bits per heavy atom. The predicted octanol–water partition coefficient (Wildman–Crippen LogP) is 3.51. The van der Waals surface area contributed by atoms with Crippen LogP contribution in [-0.2, 0) is 6.54 Å². The molecule has 3 nitrogen and oxygen atoms in total. The number of aryl methyl sites for hydroxylation is 1.